The monoisotopic (exact) mass is 345 g/mol. The van der Waals surface area contributed by atoms with E-state index in [1.807, 2.05) is 78.9 Å². The lowest BCUT2D eigenvalue weighted by atomic mass is 9.99. The van der Waals surface area contributed by atoms with E-state index < -0.39 is 5.97 Å². The van der Waals surface area contributed by atoms with E-state index in [-0.39, 0.29) is 12.3 Å². The molecule has 0 saturated carbocycles. The van der Waals surface area contributed by atoms with Crippen LogP contribution in [0, 0.1) is 0 Å². The van der Waals surface area contributed by atoms with E-state index in [1.165, 1.54) is 0 Å². The summed E-state index contributed by atoms with van der Waals surface area (Å²) >= 11 is 0. The van der Waals surface area contributed by atoms with E-state index in [0.717, 1.165) is 23.2 Å². The summed E-state index contributed by atoms with van der Waals surface area (Å²) in [7, 11) is 0. The Labute approximate surface area is 152 Å². The standard InChI is InChI=1S/C22H19NO3/c24-21(25)15-23-20-12-8-17(9-13-20)14-16-6-10-19(11-7-16)22(26)18-4-2-1-3-5-18/h1-13,23H,14-15H2,(H,24,25). The molecule has 0 heterocycles. The Hall–Kier alpha value is -3.40. The van der Waals surface area contributed by atoms with Gasteiger partial charge in [-0.2, -0.15) is 0 Å². The summed E-state index contributed by atoms with van der Waals surface area (Å²) in [5.41, 5.74) is 4.37. The molecule has 130 valence electrons. The highest BCUT2D eigenvalue weighted by Crippen LogP contribution is 2.16. The van der Waals surface area contributed by atoms with Gasteiger partial charge in [0.25, 0.3) is 0 Å². The van der Waals surface area contributed by atoms with E-state index in [9.17, 15) is 9.59 Å². The number of anilines is 1. The molecule has 0 spiro atoms. The zero-order chi connectivity index (χ0) is 18.4. The van der Waals surface area contributed by atoms with Gasteiger partial charge >= 0.3 is 5.97 Å². The second-order valence-electron chi connectivity index (χ2n) is 6.01. The fourth-order valence-corrected chi connectivity index (χ4v) is 2.68. The molecule has 3 rings (SSSR count). The molecule has 0 aliphatic heterocycles. The molecule has 0 bridgehead atoms. The molecule has 4 heteroatoms. The van der Waals surface area contributed by atoms with Crippen molar-refractivity contribution in [2.24, 2.45) is 0 Å². The number of nitrogens with one attached hydrogen (secondary N) is 1. The largest absolute Gasteiger partial charge is 0.480 e. The predicted molar refractivity (Wildman–Crippen MR) is 102 cm³/mol. The summed E-state index contributed by atoms with van der Waals surface area (Å²) in [4.78, 5) is 23.0. The van der Waals surface area contributed by atoms with Crippen molar-refractivity contribution < 1.29 is 14.7 Å². The number of benzene rings is 3. The molecule has 0 amide bonds. The maximum Gasteiger partial charge on any atom is 0.322 e. The summed E-state index contributed by atoms with van der Waals surface area (Å²) in [5.74, 6) is -0.870. The Balaban J connectivity index is 1.64. The van der Waals surface area contributed by atoms with Crippen LogP contribution in [0.15, 0.2) is 78.9 Å². The number of hydrogen-bond donors (Lipinski definition) is 2. The Kier molecular flexibility index (Phi) is 5.44. The summed E-state index contributed by atoms with van der Waals surface area (Å²) < 4.78 is 0. The molecule has 0 unspecified atom stereocenters. The van der Waals surface area contributed by atoms with Gasteiger partial charge in [-0.25, -0.2) is 0 Å². The first-order valence-corrected chi connectivity index (χ1v) is 8.35. The van der Waals surface area contributed by atoms with Gasteiger partial charge in [0.2, 0.25) is 0 Å². The SMILES string of the molecule is O=C(O)CNc1ccc(Cc2ccc(C(=O)c3ccccc3)cc2)cc1. The molecule has 0 aliphatic carbocycles. The quantitative estimate of drug-likeness (QED) is 0.635. The molecular formula is C22H19NO3. The van der Waals surface area contributed by atoms with Crippen LogP contribution in [0.1, 0.15) is 27.0 Å². The van der Waals surface area contributed by atoms with Crippen LogP contribution in [-0.4, -0.2) is 23.4 Å². The number of carbonyl (C=O) groups is 2. The van der Waals surface area contributed by atoms with Crippen LogP contribution >= 0.6 is 0 Å². The van der Waals surface area contributed by atoms with Gasteiger partial charge in [-0.1, -0.05) is 66.7 Å². The van der Waals surface area contributed by atoms with Gasteiger partial charge in [0, 0.05) is 16.8 Å². The van der Waals surface area contributed by atoms with Crippen molar-refractivity contribution in [3.8, 4) is 0 Å². The van der Waals surface area contributed by atoms with Crippen molar-refractivity contribution >= 4 is 17.4 Å². The second-order valence-corrected chi connectivity index (χ2v) is 6.01. The maximum absolute atomic E-state index is 12.4. The molecule has 0 aliphatic rings. The van der Waals surface area contributed by atoms with Crippen LogP contribution in [0.25, 0.3) is 0 Å². The van der Waals surface area contributed by atoms with Crippen molar-refractivity contribution in [2.75, 3.05) is 11.9 Å². The van der Waals surface area contributed by atoms with Crippen LogP contribution in [0.5, 0.6) is 0 Å². The number of aliphatic carboxylic acids is 1. The van der Waals surface area contributed by atoms with Crippen molar-refractivity contribution in [3.63, 3.8) is 0 Å². The number of carboxylic acid groups (broad SMARTS) is 1. The number of rotatable bonds is 7. The molecule has 3 aromatic rings. The molecule has 0 aromatic heterocycles. The molecule has 0 saturated heterocycles. The minimum Gasteiger partial charge on any atom is -0.480 e. The molecule has 0 atom stereocenters. The van der Waals surface area contributed by atoms with Gasteiger partial charge in [0.05, 0.1) is 0 Å². The first-order valence-electron chi connectivity index (χ1n) is 8.35. The Morgan fingerprint density at radius 2 is 1.27 bits per heavy atom. The average molecular weight is 345 g/mol. The first kappa shape index (κ1) is 17.4. The van der Waals surface area contributed by atoms with Gasteiger partial charge in [0.15, 0.2) is 5.78 Å². The molecule has 26 heavy (non-hydrogen) atoms. The third kappa shape index (κ3) is 4.57. The summed E-state index contributed by atoms with van der Waals surface area (Å²) in [6.45, 7) is -0.101. The van der Waals surface area contributed by atoms with E-state index in [2.05, 4.69) is 5.32 Å². The zero-order valence-corrected chi connectivity index (χ0v) is 14.2. The van der Waals surface area contributed by atoms with Crippen LogP contribution in [-0.2, 0) is 11.2 Å². The fraction of sp³-hybridized carbons (Fsp3) is 0.0909. The van der Waals surface area contributed by atoms with Crippen LogP contribution in [0.4, 0.5) is 5.69 Å². The Morgan fingerprint density at radius 3 is 1.85 bits per heavy atom. The number of carbonyl (C=O) groups excluding carboxylic acids is 1. The van der Waals surface area contributed by atoms with Crippen LogP contribution < -0.4 is 5.32 Å². The average Bonchev–Trinajstić information content (AvgIpc) is 2.68. The highest BCUT2D eigenvalue weighted by atomic mass is 16.4. The van der Waals surface area contributed by atoms with Crippen molar-refractivity contribution in [2.45, 2.75) is 6.42 Å². The van der Waals surface area contributed by atoms with Crippen molar-refractivity contribution in [1.29, 1.82) is 0 Å². The number of ketones is 1. The fourth-order valence-electron chi connectivity index (χ4n) is 2.68. The smallest absolute Gasteiger partial charge is 0.322 e. The molecule has 4 nitrogen and oxygen atoms in total. The minimum atomic E-state index is -0.890. The summed E-state index contributed by atoms with van der Waals surface area (Å²) in [6, 6.07) is 24.5. The molecule has 0 fully saturated rings. The Morgan fingerprint density at radius 1 is 0.731 bits per heavy atom. The van der Waals surface area contributed by atoms with Gasteiger partial charge in [0.1, 0.15) is 6.54 Å². The van der Waals surface area contributed by atoms with Gasteiger partial charge < -0.3 is 10.4 Å². The van der Waals surface area contributed by atoms with Crippen molar-refractivity contribution in [1.82, 2.24) is 0 Å². The van der Waals surface area contributed by atoms with Crippen LogP contribution in [0.3, 0.4) is 0 Å². The topological polar surface area (TPSA) is 66.4 Å². The number of hydrogen-bond acceptors (Lipinski definition) is 3. The van der Waals surface area contributed by atoms with E-state index in [1.54, 1.807) is 0 Å². The third-order valence-electron chi connectivity index (χ3n) is 4.06. The third-order valence-corrected chi connectivity index (χ3v) is 4.06. The molecular weight excluding hydrogens is 326 g/mol. The van der Waals surface area contributed by atoms with Crippen molar-refractivity contribution in [3.05, 3.63) is 101 Å². The van der Waals surface area contributed by atoms with E-state index in [0.29, 0.717) is 11.1 Å². The highest BCUT2D eigenvalue weighted by molar-refractivity contribution is 6.08. The summed E-state index contributed by atoms with van der Waals surface area (Å²) in [5, 5.41) is 11.5. The van der Waals surface area contributed by atoms with Gasteiger partial charge in [-0.05, 0) is 29.7 Å². The normalized spacial score (nSPS) is 10.3. The van der Waals surface area contributed by atoms with Gasteiger partial charge in [-0.3, -0.25) is 9.59 Å². The lowest BCUT2D eigenvalue weighted by Gasteiger charge is -2.07. The van der Waals surface area contributed by atoms with E-state index >= 15 is 0 Å². The zero-order valence-electron chi connectivity index (χ0n) is 14.2. The minimum absolute atomic E-state index is 0.0195. The maximum atomic E-state index is 12.4. The first-order chi connectivity index (χ1) is 12.6. The lowest BCUT2D eigenvalue weighted by molar-refractivity contribution is -0.134. The summed E-state index contributed by atoms with van der Waals surface area (Å²) in [6.07, 6.45) is 0.749. The molecule has 3 aromatic carbocycles. The predicted octanol–water partition coefficient (Wildman–Crippen LogP) is 4.00. The second kappa shape index (κ2) is 8.12. The Bertz CT molecular complexity index is 885. The molecule has 2 N–H and O–H groups in total. The van der Waals surface area contributed by atoms with E-state index in [4.69, 9.17) is 5.11 Å². The van der Waals surface area contributed by atoms with Crippen LogP contribution in [0.2, 0.25) is 0 Å². The van der Waals surface area contributed by atoms with Gasteiger partial charge in [-0.15, -0.1) is 0 Å². The lowest BCUT2D eigenvalue weighted by Crippen LogP contribution is -2.12. The molecule has 0 radical (unpaired) electrons. The number of carboxylic acids is 1. The highest BCUT2D eigenvalue weighted by Gasteiger charge is 2.08.